The maximum absolute atomic E-state index is 12.6. The van der Waals surface area contributed by atoms with Gasteiger partial charge in [0.25, 0.3) is 0 Å². The Morgan fingerprint density at radius 1 is 1.15 bits per heavy atom. The molecular weight excluding hydrogens is 342 g/mol. The van der Waals surface area contributed by atoms with Crippen molar-refractivity contribution in [2.45, 2.75) is 40.7 Å². The fourth-order valence-electron chi connectivity index (χ4n) is 3.17. The minimum atomic E-state index is -0.412. The molecule has 0 unspecified atom stereocenters. The first-order valence-corrected chi connectivity index (χ1v) is 9.22. The number of carbonyl (C=O) groups excluding carboxylic acids is 1. The topological polar surface area (TPSA) is 61.4 Å². The summed E-state index contributed by atoms with van der Waals surface area (Å²) in [6.45, 7) is 9.24. The molecular formula is C22H25NO4. The first-order chi connectivity index (χ1) is 12.8. The number of carbonyl (C=O) groups is 1. The highest BCUT2D eigenvalue weighted by atomic mass is 16.5. The fourth-order valence-corrected chi connectivity index (χ4v) is 3.17. The van der Waals surface area contributed by atoms with E-state index < -0.39 is 5.63 Å². The van der Waals surface area contributed by atoms with E-state index in [1.807, 2.05) is 19.9 Å². The van der Waals surface area contributed by atoms with Gasteiger partial charge in [0.1, 0.15) is 11.3 Å². The Labute approximate surface area is 158 Å². The van der Waals surface area contributed by atoms with Crippen molar-refractivity contribution in [2.75, 3.05) is 6.61 Å². The van der Waals surface area contributed by atoms with Gasteiger partial charge < -0.3 is 13.7 Å². The van der Waals surface area contributed by atoms with Crippen LogP contribution in [0.5, 0.6) is 5.75 Å². The van der Waals surface area contributed by atoms with Gasteiger partial charge in [-0.05, 0) is 50.5 Å². The molecule has 0 N–H and O–H groups in total. The Kier molecular flexibility index (Phi) is 5.49. The summed E-state index contributed by atoms with van der Waals surface area (Å²) in [5, 5.41) is 0.807. The fraction of sp³-hybridized carbons (Fsp3) is 0.364. The molecule has 0 amide bonds. The number of aromatic nitrogens is 1. The average Bonchev–Trinajstić information content (AvgIpc) is 2.91. The molecule has 0 atom stereocenters. The summed E-state index contributed by atoms with van der Waals surface area (Å²) in [7, 11) is 0. The van der Waals surface area contributed by atoms with E-state index in [1.54, 1.807) is 24.3 Å². The molecule has 0 spiro atoms. The zero-order valence-electron chi connectivity index (χ0n) is 16.2. The number of rotatable bonds is 7. The third-order valence-electron chi connectivity index (χ3n) is 4.77. The molecule has 142 valence electrons. The highest BCUT2D eigenvalue weighted by Gasteiger charge is 2.16. The summed E-state index contributed by atoms with van der Waals surface area (Å²) in [5.41, 5.74) is 2.79. The van der Waals surface area contributed by atoms with Crippen LogP contribution in [-0.2, 0) is 6.54 Å². The number of ether oxygens (including phenoxy) is 1. The molecule has 2 heterocycles. The van der Waals surface area contributed by atoms with Crippen LogP contribution in [0.15, 0.2) is 45.6 Å². The second-order valence-corrected chi connectivity index (χ2v) is 7.28. The number of benzene rings is 1. The molecule has 0 aliphatic carbocycles. The van der Waals surface area contributed by atoms with Gasteiger partial charge in [-0.25, -0.2) is 4.79 Å². The molecule has 3 aromatic rings. The lowest BCUT2D eigenvalue weighted by Crippen LogP contribution is -2.13. The van der Waals surface area contributed by atoms with Crippen molar-refractivity contribution in [2.24, 2.45) is 5.92 Å². The van der Waals surface area contributed by atoms with Crippen molar-refractivity contribution in [3.8, 4) is 5.75 Å². The summed E-state index contributed by atoms with van der Waals surface area (Å²) in [4.78, 5) is 24.0. The number of hydrogen-bond acceptors (Lipinski definition) is 4. The van der Waals surface area contributed by atoms with Crippen LogP contribution in [0, 0.1) is 19.8 Å². The predicted octanol–water partition coefficient (Wildman–Crippen LogP) is 4.52. The Balaban J connectivity index is 1.72. The molecule has 0 bridgehead atoms. The van der Waals surface area contributed by atoms with E-state index in [-0.39, 0.29) is 12.4 Å². The molecule has 5 heteroatoms. The zero-order valence-corrected chi connectivity index (χ0v) is 16.2. The lowest BCUT2D eigenvalue weighted by atomic mass is 10.1. The van der Waals surface area contributed by atoms with Crippen molar-refractivity contribution in [1.29, 1.82) is 0 Å². The van der Waals surface area contributed by atoms with E-state index in [9.17, 15) is 9.59 Å². The van der Waals surface area contributed by atoms with E-state index in [1.165, 1.54) is 6.07 Å². The normalized spacial score (nSPS) is 11.3. The molecule has 0 saturated carbocycles. The first kappa shape index (κ1) is 19.0. The number of fused-ring (bicyclic) bond motifs is 1. The quantitative estimate of drug-likeness (QED) is 0.455. The Morgan fingerprint density at radius 2 is 1.89 bits per heavy atom. The standard InChI is InChI=1S/C22H25NO4/c1-14(2)9-10-23-15(3)11-19(16(23)4)20(24)13-26-18-7-5-17-6-8-22(25)27-21(17)12-18/h5-8,11-12,14H,9-10,13H2,1-4H3. The van der Waals surface area contributed by atoms with Gasteiger partial charge in [0, 0.05) is 41.0 Å². The minimum Gasteiger partial charge on any atom is -0.485 e. The van der Waals surface area contributed by atoms with Gasteiger partial charge in [-0.15, -0.1) is 0 Å². The summed E-state index contributed by atoms with van der Waals surface area (Å²) in [5.74, 6) is 1.05. The predicted molar refractivity (Wildman–Crippen MR) is 106 cm³/mol. The van der Waals surface area contributed by atoms with E-state index in [4.69, 9.17) is 9.15 Å². The number of hydrogen-bond donors (Lipinski definition) is 0. The van der Waals surface area contributed by atoms with Crippen molar-refractivity contribution < 1.29 is 13.9 Å². The molecule has 0 aliphatic rings. The molecule has 3 rings (SSSR count). The molecule has 27 heavy (non-hydrogen) atoms. The van der Waals surface area contributed by atoms with Crippen LogP contribution in [0.3, 0.4) is 0 Å². The van der Waals surface area contributed by atoms with Gasteiger partial charge in [0.05, 0.1) is 0 Å². The van der Waals surface area contributed by atoms with Crippen molar-refractivity contribution in [3.63, 3.8) is 0 Å². The van der Waals surface area contributed by atoms with Crippen LogP contribution in [0.25, 0.3) is 11.0 Å². The monoisotopic (exact) mass is 367 g/mol. The highest BCUT2D eigenvalue weighted by molar-refractivity contribution is 5.98. The molecule has 0 radical (unpaired) electrons. The largest absolute Gasteiger partial charge is 0.485 e. The summed E-state index contributed by atoms with van der Waals surface area (Å²) >= 11 is 0. The van der Waals surface area contributed by atoms with Crippen LogP contribution >= 0.6 is 0 Å². The minimum absolute atomic E-state index is 0.0585. The third kappa shape index (κ3) is 4.30. The first-order valence-electron chi connectivity index (χ1n) is 9.22. The molecule has 0 aliphatic heterocycles. The van der Waals surface area contributed by atoms with Crippen molar-refractivity contribution in [3.05, 3.63) is 63.8 Å². The van der Waals surface area contributed by atoms with Gasteiger partial charge in [-0.2, -0.15) is 0 Å². The van der Waals surface area contributed by atoms with E-state index in [2.05, 4.69) is 18.4 Å². The molecule has 0 fully saturated rings. The Morgan fingerprint density at radius 3 is 2.63 bits per heavy atom. The maximum Gasteiger partial charge on any atom is 0.336 e. The van der Waals surface area contributed by atoms with Crippen LogP contribution in [0.2, 0.25) is 0 Å². The average molecular weight is 367 g/mol. The van der Waals surface area contributed by atoms with Crippen LogP contribution < -0.4 is 10.4 Å². The second kappa shape index (κ2) is 7.82. The van der Waals surface area contributed by atoms with Crippen molar-refractivity contribution in [1.82, 2.24) is 4.57 Å². The number of ketones is 1. The Bertz CT molecular complexity index is 1030. The number of nitrogens with zero attached hydrogens (tertiary/aromatic N) is 1. The molecule has 0 saturated heterocycles. The highest BCUT2D eigenvalue weighted by Crippen LogP contribution is 2.21. The second-order valence-electron chi connectivity index (χ2n) is 7.28. The Hall–Kier alpha value is -2.82. The van der Waals surface area contributed by atoms with Crippen LogP contribution in [-0.4, -0.2) is 17.0 Å². The lowest BCUT2D eigenvalue weighted by Gasteiger charge is -2.11. The number of aryl methyl sites for hydroxylation is 1. The molecule has 5 nitrogen and oxygen atoms in total. The van der Waals surface area contributed by atoms with Gasteiger partial charge in [-0.3, -0.25) is 4.79 Å². The molecule has 1 aromatic carbocycles. The van der Waals surface area contributed by atoms with Crippen LogP contribution in [0.1, 0.15) is 42.0 Å². The molecule has 2 aromatic heterocycles. The van der Waals surface area contributed by atoms with Gasteiger partial charge in [0.15, 0.2) is 6.61 Å². The summed E-state index contributed by atoms with van der Waals surface area (Å²) in [6.07, 6.45) is 1.07. The van der Waals surface area contributed by atoms with E-state index >= 15 is 0 Å². The third-order valence-corrected chi connectivity index (χ3v) is 4.77. The van der Waals surface area contributed by atoms with Crippen molar-refractivity contribution >= 4 is 16.8 Å². The van der Waals surface area contributed by atoms with Gasteiger partial charge >= 0.3 is 5.63 Å². The maximum atomic E-state index is 12.6. The van der Waals surface area contributed by atoms with E-state index in [0.717, 1.165) is 29.7 Å². The van der Waals surface area contributed by atoms with Gasteiger partial charge in [-0.1, -0.05) is 13.8 Å². The number of Topliss-reactive ketones (excluding diaryl/α,β-unsaturated/α-hetero) is 1. The zero-order chi connectivity index (χ0) is 19.6. The van der Waals surface area contributed by atoms with E-state index in [0.29, 0.717) is 22.8 Å². The van der Waals surface area contributed by atoms with Gasteiger partial charge in [0.2, 0.25) is 5.78 Å². The smallest absolute Gasteiger partial charge is 0.336 e. The summed E-state index contributed by atoms with van der Waals surface area (Å²) in [6, 6.07) is 10.2. The van der Waals surface area contributed by atoms with Crippen LogP contribution in [0.4, 0.5) is 0 Å². The lowest BCUT2D eigenvalue weighted by molar-refractivity contribution is 0.0920. The summed E-state index contributed by atoms with van der Waals surface area (Å²) < 4.78 is 13.0. The SMILES string of the molecule is Cc1cc(C(=O)COc2ccc3ccc(=O)oc3c2)c(C)n1CCC(C)C.